The van der Waals surface area contributed by atoms with Crippen molar-refractivity contribution in [3.8, 4) is 11.1 Å². The largest absolute Gasteiger partial charge is 0.447 e. The Hall–Kier alpha value is -2.89. The molecule has 6 nitrogen and oxygen atoms in total. The molecule has 3 heterocycles. The lowest BCUT2D eigenvalue weighted by Gasteiger charge is -2.29. The fourth-order valence-corrected chi connectivity index (χ4v) is 3.21. The van der Waals surface area contributed by atoms with E-state index in [1.165, 1.54) is 4.90 Å². The Kier molecular flexibility index (Phi) is 3.04. The predicted molar refractivity (Wildman–Crippen MR) is 81.5 cm³/mol. The van der Waals surface area contributed by atoms with Gasteiger partial charge in [0.1, 0.15) is 12.3 Å². The predicted octanol–water partition coefficient (Wildman–Crippen LogP) is 1.64. The van der Waals surface area contributed by atoms with Gasteiger partial charge in [-0.2, -0.15) is 0 Å². The highest BCUT2D eigenvalue weighted by Crippen LogP contribution is 2.39. The summed E-state index contributed by atoms with van der Waals surface area (Å²) in [5, 5.41) is 2.24. The van der Waals surface area contributed by atoms with E-state index in [2.05, 4.69) is 5.32 Å². The minimum absolute atomic E-state index is 0.0224. The van der Waals surface area contributed by atoms with E-state index >= 15 is 0 Å². The summed E-state index contributed by atoms with van der Waals surface area (Å²) >= 11 is 0. The van der Waals surface area contributed by atoms with Crippen molar-refractivity contribution in [2.75, 3.05) is 4.90 Å². The minimum atomic E-state index is -0.816. The first-order valence-corrected chi connectivity index (χ1v) is 7.46. The van der Waals surface area contributed by atoms with Crippen molar-refractivity contribution in [2.45, 2.75) is 25.3 Å². The van der Waals surface area contributed by atoms with Crippen LogP contribution in [0.25, 0.3) is 11.1 Å². The van der Waals surface area contributed by atoms with Gasteiger partial charge in [-0.15, -0.1) is 0 Å². The van der Waals surface area contributed by atoms with Gasteiger partial charge in [-0.05, 0) is 12.0 Å². The lowest BCUT2D eigenvalue weighted by atomic mass is 9.97. The van der Waals surface area contributed by atoms with E-state index in [-0.39, 0.29) is 18.2 Å². The Bertz CT molecular complexity index is 809. The molecular formula is C17H14N2O4. The molecule has 4 rings (SSSR count). The second-order valence-corrected chi connectivity index (χ2v) is 5.70. The van der Waals surface area contributed by atoms with Crippen molar-refractivity contribution in [1.82, 2.24) is 5.32 Å². The third-order valence-electron chi connectivity index (χ3n) is 4.29. The summed E-state index contributed by atoms with van der Waals surface area (Å²) in [7, 11) is 0. The Morgan fingerprint density at radius 3 is 2.57 bits per heavy atom. The van der Waals surface area contributed by atoms with Crippen LogP contribution >= 0.6 is 0 Å². The number of imide groups is 1. The molecule has 0 bridgehead atoms. The van der Waals surface area contributed by atoms with Gasteiger partial charge in [0.2, 0.25) is 23.6 Å². The zero-order valence-electron chi connectivity index (χ0n) is 12.2. The number of carbonyl (C=O) groups excluding carboxylic acids is 3. The SMILES string of the molecule is O=C1CC(N2C(=O)CCc3c(-c4ccccc4)coc32)C(=O)N1. The first-order valence-electron chi connectivity index (χ1n) is 7.46. The van der Waals surface area contributed by atoms with E-state index in [9.17, 15) is 14.4 Å². The van der Waals surface area contributed by atoms with Gasteiger partial charge in [-0.3, -0.25) is 24.6 Å². The maximum atomic E-state index is 12.3. The standard InChI is InChI=1S/C17H14N2O4/c20-14-8-13(16(22)18-14)19-15(21)7-6-11-12(9-23-17(11)19)10-4-2-1-3-5-10/h1-5,9,13H,6-8H2,(H,18,20,22). The van der Waals surface area contributed by atoms with E-state index < -0.39 is 11.9 Å². The number of fused-ring (bicyclic) bond motifs is 1. The molecule has 2 aliphatic rings. The maximum Gasteiger partial charge on any atom is 0.250 e. The maximum absolute atomic E-state index is 12.3. The van der Waals surface area contributed by atoms with Crippen LogP contribution in [0, 0.1) is 0 Å². The number of hydrogen-bond acceptors (Lipinski definition) is 4. The number of carbonyl (C=O) groups is 3. The summed E-state index contributed by atoms with van der Waals surface area (Å²) in [4.78, 5) is 37.1. The van der Waals surface area contributed by atoms with Crippen LogP contribution in [0.3, 0.4) is 0 Å². The summed E-state index contributed by atoms with van der Waals surface area (Å²) in [5.74, 6) is -0.625. The van der Waals surface area contributed by atoms with Gasteiger partial charge in [-0.25, -0.2) is 0 Å². The van der Waals surface area contributed by atoms with Crippen molar-refractivity contribution in [3.05, 3.63) is 42.2 Å². The molecule has 0 saturated carbocycles. The molecule has 0 spiro atoms. The fraction of sp³-hybridized carbons (Fsp3) is 0.235. The second-order valence-electron chi connectivity index (χ2n) is 5.70. The zero-order valence-corrected chi connectivity index (χ0v) is 12.2. The zero-order chi connectivity index (χ0) is 16.0. The second kappa shape index (κ2) is 5.08. The molecule has 116 valence electrons. The molecule has 1 saturated heterocycles. The number of amides is 3. The quantitative estimate of drug-likeness (QED) is 0.855. The monoisotopic (exact) mass is 310 g/mol. The Balaban J connectivity index is 1.78. The highest BCUT2D eigenvalue weighted by molar-refractivity contribution is 6.12. The van der Waals surface area contributed by atoms with E-state index in [1.807, 2.05) is 30.3 Å². The van der Waals surface area contributed by atoms with Gasteiger partial charge < -0.3 is 4.42 Å². The summed E-state index contributed by atoms with van der Waals surface area (Å²) in [6.45, 7) is 0. The summed E-state index contributed by atoms with van der Waals surface area (Å²) in [5.41, 5.74) is 2.82. The number of benzene rings is 1. The molecular weight excluding hydrogens is 296 g/mol. The first kappa shape index (κ1) is 13.8. The van der Waals surface area contributed by atoms with Crippen molar-refractivity contribution in [1.29, 1.82) is 0 Å². The van der Waals surface area contributed by atoms with Crippen LogP contribution in [-0.4, -0.2) is 23.8 Å². The number of rotatable bonds is 2. The van der Waals surface area contributed by atoms with Crippen molar-refractivity contribution in [2.24, 2.45) is 0 Å². The third kappa shape index (κ3) is 2.14. The Morgan fingerprint density at radius 2 is 1.87 bits per heavy atom. The van der Waals surface area contributed by atoms with Gasteiger partial charge in [-0.1, -0.05) is 30.3 Å². The fourth-order valence-electron chi connectivity index (χ4n) is 3.21. The van der Waals surface area contributed by atoms with E-state index in [1.54, 1.807) is 6.26 Å². The minimum Gasteiger partial charge on any atom is -0.447 e. The number of hydrogen-bond donors (Lipinski definition) is 1. The van der Waals surface area contributed by atoms with Crippen LogP contribution in [0.1, 0.15) is 18.4 Å². The molecule has 23 heavy (non-hydrogen) atoms. The highest BCUT2D eigenvalue weighted by atomic mass is 16.4. The molecule has 1 aromatic carbocycles. The molecule has 1 atom stereocenters. The van der Waals surface area contributed by atoms with Gasteiger partial charge in [0, 0.05) is 17.5 Å². The smallest absolute Gasteiger partial charge is 0.250 e. The average Bonchev–Trinajstić information content (AvgIpc) is 3.11. The molecule has 1 N–H and O–H groups in total. The molecule has 0 aliphatic carbocycles. The van der Waals surface area contributed by atoms with Crippen LogP contribution in [0.4, 0.5) is 5.88 Å². The lowest BCUT2D eigenvalue weighted by Crippen LogP contribution is -2.46. The topological polar surface area (TPSA) is 79.6 Å². The van der Waals surface area contributed by atoms with Gasteiger partial charge in [0.25, 0.3) is 0 Å². The van der Waals surface area contributed by atoms with Crippen molar-refractivity contribution >= 4 is 23.6 Å². The van der Waals surface area contributed by atoms with Crippen LogP contribution in [0.15, 0.2) is 41.0 Å². The molecule has 1 aromatic heterocycles. The van der Waals surface area contributed by atoms with Gasteiger partial charge in [0.15, 0.2) is 0 Å². The highest BCUT2D eigenvalue weighted by Gasteiger charge is 2.42. The van der Waals surface area contributed by atoms with Crippen LogP contribution < -0.4 is 10.2 Å². The number of furan rings is 1. The summed E-state index contributed by atoms with van der Waals surface area (Å²) < 4.78 is 5.63. The van der Waals surface area contributed by atoms with Crippen LogP contribution in [0.2, 0.25) is 0 Å². The third-order valence-corrected chi connectivity index (χ3v) is 4.29. The van der Waals surface area contributed by atoms with E-state index in [4.69, 9.17) is 4.42 Å². The Morgan fingerprint density at radius 1 is 1.09 bits per heavy atom. The summed E-state index contributed by atoms with van der Waals surface area (Å²) in [6, 6.07) is 8.92. The molecule has 0 radical (unpaired) electrons. The molecule has 6 heteroatoms. The average molecular weight is 310 g/mol. The Labute approximate surface area is 132 Å². The van der Waals surface area contributed by atoms with Gasteiger partial charge in [0.05, 0.1) is 6.42 Å². The molecule has 1 unspecified atom stereocenters. The van der Waals surface area contributed by atoms with Crippen LogP contribution in [0.5, 0.6) is 0 Å². The van der Waals surface area contributed by atoms with Crippen molar-refractivity contribution < 1.29 is 18.8 Å². The summed E-state index contributed by atoms with van der Waals surface area (Å²) in [6.07, 6.45) is 2.45. The first-order chi connectivity index (χ1) is 11.1. The van der Waals surface area contributed by atoms with Crippen LogP contribution in [-0.2, 0) is 20.8 Å². The van der Waals surface area contributed by atoms with Gasteiger partial charge >= 0.3 is 0 Å². The molecule has 3 amide bonds. The molecule has 2 aliphatic heterocycles. The molecule has 2 aromatic rings. The van der Waals surface area contributed by atoms with E-state index in [0.29, 0.717) is 18.7 Å². The molecule has 1 fully saturated rings. The van der Waals surface area contributed by atoms with Crippen molar-refractivity contribution in [3.63, 3.8) is 0 Å². The normalized spacial score (nSPS) is 20.6. The number of nitrogens with one attached hydrogen (secondary N) is 1. The van der Waals surface area contributed by atoms with E-state index in [0.717, 1.165) is 16.7 Å². The lowest BCUT2D eigenvalue weighted by molar-refractivity contribution is -0.127. The number of nitrogens with zero attached hydrogens (tertiary/aromatic N) is 1. The number of anilines is 1.